The first-order chi connectivity index (χ1) is 10.3. The van der Waals surface area contributed by atoms with Gasteiger partial charge in [0.25, 0.3) is 0 Å². The maximum atomic E-state index is 5.93. The number of guanidine groups is 1. The SMILES string of the molecule is CCN1CCCC1CN=C(N)NCCSc1ccccc1. The molecule has 116 valence electrons. The van der Waals surface area contributed by atoms with Crippen molar-refractivity contribution in [2.45, 2.75) is 30.7 Å². The van der Waals surface area contributed by atoms with Crippen LogP contribution in [0.4, 0.5) is 0 Å². The van der Waals surface area contributed by atoms with E-state index in [0.717, 1.165) is 25.4 Å². The zero-order chi connectivity index (χ0) is 14.9. The number of aliphatic imine (C=N–C) groups is 1. The van der Waals surface area contributed by atoms with E-state index in [1.54, 1.807) is 0 Å². The van der Waals surface area contributed by atoms with E-state index in [-0.39, 0.29) is 0 Å². The second kappa shape index (κ2) is 8.95. The third-order valence-corrected chi connectivity index (χ3v) is 4.81. The van der Waals surface area contributed by atoms with Crippen molar-refractivity contribution < 1.29 is 0 Å². The largest absolute Gasteiger partial charge is 0.370 e. The number of hydrogen-bond acceptors (Lipinski definition) is 3. The molecular weight excluding hydrogens is 280 g/mol. The molecule has 0 bridgehead atoms. The molecule has 21 heavy (non-hydrogen) atoms. The number of nitrogens with one attached hydrogen (secondary N) is 1. The highest BCUT2D eigenvalue weighted by atomic mass is 32.2. The molecule has 1 saturated heterocycles. The number of thioether (sulfide) groups is 1. The van der Waals surface area contributed by atoms with Gasteiger partial charge in [-0.3, -0.25) is 9.89 Å². The predicted octanol–water partition coefficient (Wildman–Crippen LogP) is 2.17. The molecule has 0 saturated carbocycles. The number of rotatable bonds is 7. The van der Waals surface area contributed by atoms with Crippen LogP contribution in [-0.2, 0) is 0 Å². The summed E-state index contributed by atoms with van der Waals surface area (Å²) in [5, 5.41) is 3.20. The molecule has 0 aromatic heterocycles. The fraction of sp³-hybridized carbons (Fsp3) is 0.562. The van der Waals surface area contributed by atoms with Crippen LogP contribution in [0.1, 0.15) is 19.8 Å². The summed E-state index contributed by atoms with van der Waals surface area (Å²) in [5.74, 6) is 1.57. The molecule has 0 spiro atoms. The lowest BCUT2D eigenvalue weighted by Gasteiger charge is -2.20. The van der Waals surface area contributed by atoms with Crippen LogP contribution in [0, 0.1) is 0 Å². The van der Waals surface area contributed by atoms with Crippen molar-refractivity contribution in [3.05, 3.63) is 30.3 Å². The molecule has 1 heterocycles. The lowest BCUT2D eigenvalue weighted by atomic mass is 10.2. The first-order valence-electron chi connectivity index (χ1n) is 7.75. The van der Waals surface area contributed by atoms with E-state index in [0.29, 0.717) is 12.0 Å². The average Bonchev–Trinajstić information content (AvgIpc) is 2.98. The zero-order valence-corrected chi connectivity index (χ0v) is 13.6. The minimum Gasteiger partial charge on any atom is -0.370 e. The summed E-state index contributed by atoms with van der Waals surface area (Å²) in [6.45, 7) is 6.19. The van der Waals surface area contributed by atoms with Gasteiger partial charge in [-0.05, 0) is 38.1 Å². The Kier molecular flexibility index (Phi) is 6.89. The van der Waals surface area contributed by atoms with Gasteiger partial charge < -0.3 is 11.1 Å². The third kappa shape index (κ3) is 5.59. The van der Waals surface area contributed by atoms with E-state index in [1.807, 2.05) is 17.8 Å². The van der Waals surface area contributed by atoms with Crippen molar-refractivity contribution >= 4 is 17.7 Å². The highest BCUT2D eigenvalue weighted by Crippen LogP contribution is 2.17. The minimum atomic E-state index is 0.576. The molecule has 5 heteroatoms. The monoisotopic (exact) mass is 306 g/mol. The molecule has 1 aromatic carbocycles. The number of likely N-dealkylation sites (N-methyl/N-ethyl adjacent to an activating group) is 1. The topological polar surface area (TPSA) is 53.6 Å². The summed E-state index contributed by atoms with van der Waals surface area (Å²) in [7, 11) is 0. The Balaban J connectivity index is 1.62. The number of likely N-dealkylation sites (tertiary alicyclic amines) is 1. The Morgan fingerprint density at radius 1 is 1.43 bits per heavy atom. The van der Waals surface area contributed by atoms with E-state index in [4.69, 9.17) is 5.73 Å². The summed E-state index contributed by atoms with van der Waals surface area (Å²) < 4.78 is 0. The number of benzene rings is 1. The van der Waals surface area contributed by atoms with Gasteiger partial charge in [-0.25, -0.2) is 0 Å². The molecule has 1 aliphatic heterocycles. The molecule has 3 N–H and O–H groups in total. The van der Waals surface area contributed by atoms with Gasteiger partial charge in [-0.2, -0.15) is 0 Å². The molecule has 0 aliphatic carbocycles. The lowest BCUT2D eigenvalue weighted by Crippen LogP contribution is -2.36. The van der Waals surface area contributed by atoms with E-state index >= 15 is 0 Å². The second-order valence-corrected chi connectivity index (χ2v) is 6.41. The van der Waals surface area contributed by atoms with Crippen molar-refractivity contribution in [2.75, 3.05) is 31.9 Å². The van der Waals surface area contributed by atoms with Crippen molar-refractivity contribution in [3.63, 3.8) is 0 Å². The summed E-state index contributed by atoms with van der Waals surface area (Å²) in [5.41, 5.74) is 5.93. The molecule has 1 fully saturated rings. The smallest absolute Gasteiger partial charge is 0.188 e. The normalized spacial score (nSPS) is 19.9. The summed E-state index contributed by atoms with van der Waals surface area (Å²) in [6.07, 6.45) is 2.53. The van der Waals surface area contributed by atoms with Crippen LogP contribution >= 0.6 is 11.8 Å². The summed E-state index contributed by atoms with van der Waals surface area (Å²) >= 11 is 1.83. The van der Waals surface area contributed by atoms with Crippen molar-refractivity contribution in [1.82, 2.24) is 10.2 Å². The van der Waals surface area contributed by atoms with Crippen molar-refractivity contribution in [2.24, 2.45) is 10.7 Å². The van der Waals surface area contributed by atoms with Gasteiger partial charge in [-0.1, -0.05) is 25.1 Å². The molecule has 1 unspecified atom stereocenters. The van der Waals surface area contributed by atoms with E-state index in [9.17, 15) is 0 Å². The number of hydrogen-bond donors (Lipinski definition) is 2. The Morgan fingerprint density at radius 2 is 2.24 bits per heavy atom. The van der Waals surface area contributed by atoms with Crippen LogP contribution in [0.25, 0.3) is 0 Å². The predicted molar refractivity (Wildman–Crippen MR) is 91.9 cm³/mol. The zero-order valence-electron chi connectivity index (χ0n) is 12.8. The first-order valence-corrected chi connectivity index (χ1v) is 8.74. The quantitative estimate of drug-likeness (QED) is 0.351. The van der Waals surface area contributed by atoms with Gasteiger partial charge in [0.1, 0.15) is 0 Å². The minimum absolute atomic E-state index is 0.576. The molecule has 0 radical (unpaired) electrons. The summed E-state index contributed by atoms with van der Waals surface area (Å²) in [6, 6.07) is 11.0. The van der Waals surface area contributed by atoms with Crippen LogP contribution in [0.15, 0.2) is 40.2 Å². The first kappa shape index (κ1) is 16.2. The lowest BCUT2D eigenvalue weighted by molar-refractivity contribution is 0.273. The van der Waals surface area contributed by atoms with Gasteiger partial charge in [0.15, 0.2) is 5.96 Å². The molecule has 1 aromatic rings. The Morgan fingerprint density at radius 3 is 3.00 bits per heavy atom. The molecule has 2 rings (SSSR count). The molecule has 1 aliphatic rings. The highest BCUT2D eigenvalue weighted by Gasteiger charge is 2.22. The van der Waals surface area contributed by atoms with Crippen LogP contribution in [0.3, 0.4) is 0 Å². The highest BCUT2D eigenvalue weighted by molar-refractivity contribution is 7.99. The number of nitrogens with zero attached hydrogens (tertiary/aromatic N) is 2. The van der Waals surface area contributed by atoms with Gasteiger partial charge in [0.05, 0.1) is 6.54 Å². The van der Waals surface area contributed by atoms with Gasteiger partial charge in [0.2, 0.25) is 0 Å². The van der Waals surface area contributed by atoms with Crippen molar-refractivity contribution in [1.29, 1.82) is 0 Å². The van der Waals surface area contributed by atoms with Crippen LogP contribution in [-0.4, -0.2) is 48.8 Å². The van der Waals surface area contributed by atoms with Crippen LogP contribution in [0.5, 0.6) is 0 Å². The molecule has 4 nitrogen and oxygen atoms in total. The summed E-state index contributed by atoms with van der Waals surface area (Å²) in [4.78, 5) is 8.26. The van der Waals surface area contributed by atoms with E-state index in [2.05, 4.69) is 46.4 Å². The van der Waals surface area contributed by atoms with Crippen LogP contribution < -0.4 is 11.1 Å². The fourth-order valence-electron chi connectivity index (χ4n) is 2.64. The van der Waals surface area contributed by atoms with Crippen LogP contribution in [0.2, 0.25) is 0 Å². The maximum Gasteiger partial charge on any atom is 0.188 e. The maximum absolute atomic E-state index is 5.93. The van der Waals surface area contributed by atoms with E-state index in [1.165, 1.54) is 24.3 Å². The van der Waals surface area contributed by atoms with E-state index < -0.39 is 0 Å². The second-order valence-electron chi connectivity index (χ2n) is 5.24. The average molecular weight is 306 g/mol. The Bertz CT molecular complexity index is 435. The third-order valence-electron chi connectivity index (χ3n) is 3.80. The van der Waals surface area contributed by atoms with Gasteiger partial charge in [-0.15, -0.1) is 11.8 Å². The Hall–Kier alpha value is -1.20. The molecule has 0 amide bonds. The molecular formula is C16H26N4S. The standard InChI is InChI=1S/C16H26N4S/c1-2-20-11-6-7-14(20)13-19-16(17)18-10-12-21-15-8-4-3-5-9-15/h3-5,8-9,14H,2,6-7,10-13H2,1H3,(H3,17,18,19). The van der Waals surface area contributed by atoms with Gasteiger partial charge >= 0.3 is 0 Å². The fourth-order valence-corrected chi connectivity index (χ4v) is 3.43. The number of nitrogens with two attached hydrogens (primary N) is 1. The van der Waals surface area contributed by atoms with Gasteiger partial charge in [0, 0.05) is 23.2 Å². The Labute approximate surface area is 132 Å². The molecule has 1 atom stereocenters. The van der Waals surface area contributed by atoms with Crippen molar-refractivity contribution in [3.8, 4) is 0 Å².